The molecule has 0 amide bonds. The van der Waals surface area contributed by atoms with Crippen LogP contribution in [-0.2, 0) is 0 Å². The molecule has 1 atom stereocenters. The van der Waals surface area contributed by atoms with Crippen LogP contribution in [0.1, 0.15) is 24.1 Å². The second-order valence-electron chi connectivity index (χ2n) is 4.91. The zero-order valence-corrected chi connectivity index (χ0v) is 13.6. The van der Waals surface area contributed by atoms with Crippen LogP contribution in [-0.4, -0.2) is 14.5 Å². The van der Waals surface area contributed by atoms with E-state index in [9.17, 15) is 0 Å². The van der Waals surface area contributed by atoms with Crippen LogP contribution in [0.25, 0.3) is 11.2 Å². The van der Waals surface area contributed by atoms with Crippen molar-refractivity contribution in [3.63, 3.8) is 0 Å². The number of aryl methyl sites for hydroxylation is 1. The molecule has 3 aromatic rings. The molecule has 2 aromatic heterocycles. The van der Waals surface area contributed by atoms with Gasteiger partial charge in [-0.3, -0.25) is 4.57 Å². The average Bonchev–Trinajstić information content (AvgIpc) is 2.73. The van der Waals surface area contributed by atoms with Crippen LogP contribution in [0.15, 0.2) is 41.0 Å². The molecule has 0 spiro atoms. The summed E-state index contributed by atoms with van der Waals surface area (Å²) in [6.07, 6.45) is 1.87. The van der Waals surface area contributed by atoms with Crippen molar-refractivity contribution < 1.29 is 0 Å². The third-order valence-corrected chi connectivity index (χ3v) is 4.26. The minimum Gasteiger partial charge on any atom is -0.329 e. The van der Waals surface area contributed by atoms with Crippen molar-refractivity contribution in [3.05, 3.63) is 56.9 Å². The third kappa shape index (κ3) is 2.31. The Hall–Kier alpha value is -1.46. The van der Waals surface area contributed by atoms with E-state index in [-0.39, 0.29) is 6.04 Å². The minimum absolute atomic E-state index is 0.138. The molecule has 1 unspecified atom stereocenters. The lowest BCUT2D eigenvalue weighted by Gasteiger charge is -2.14. The predicted octanol–water partition coefficient (Wildman–Crippen LogP) is 4.77. The van der Waals surface area contributed by atoms with Gasteiger partial charge in [0.1, 0.15) is 0 Å². The molecule has 0 aliphatic carbocycles. The quantitative estimate of drug-likeness (QED) is 0.677. The van der Waals surface area contributed by atoms with E-state index >= 15 is 0 Å². The van der Waals surface area contributed by atoms with Gasteiger partial charge in [0.15, 0.2) is 10.4 Å². The van der Waals surface area contributed by atoms with E-state index in [0.717, 1.165) is 21.2 Å². The Bertz CT molecular complexity index is 817. The molecule has 0 radical (unpaired) electrons. The summed E-state index contributed by atoms with van der Waals surface area (Å²) in [5, 5.41) is 0. The SMILES string of the molecule is Cc1cnc2c(c1)[nH]c(=S)n2C(C)c1ccc(Br)cc1. The molecule has 0 fully saturated rings. The lowest BCUT2D eigenvalue weighted by molar-refractivity contribution is 0.644. The highest BCUT2D eigenvalue weighted by Gasteiger charge is 2.14. The van der Waals surface area contributed by atoms with Gasteiger partial charge in [0.25, 0.3) is 0 Å². The molecule has 0 aliphatic rings. The number of aromatic nitrogens is 3. The molecular weight excluding hydrogens is 334 g/mol. The van der Waals surface area contributed by atoms with Gasteiger partial charge in [-0.1, -0.05) is 28.1 Å². The monoisotopic (exact) mass is 347 g/mol. The molecule has 3 rings (SSSR count). The zero-order chi connectivity index (χ0) is 14.3. The fraction of sp³-hybridized carbons (Fsp3) is 0.200. The van der Waals surface area contributed by atoms with E-state index < -0.39 is 0 Å². The van der Waals surface area contributed by atoms with Crippen molar-refractivity contribution in [2.75, 3.05) is 0 Å². The smallest absolute Gasteiger partial charge is 0.179 e. The molecule has 0 aliphatic heterocycles. The molecule has 1 aromatic carbocycles. The van der Waals surface area contributed by atoms with Crippen LogP contribution in [0.4, 0.5) is 0 Å². The van der Waals surface area contributed by atoms with Gasteiger partial charge in [0.2, 0.25) is 0 Å². The first-order valence-electron chi connectivity index (χ1n) is 6.38. The fourth-order valence-electron chi connectivity index (χ4n) is 2.37. The molecule has 0 bridgehead atoms. The van der Waals surface area contributed by atoms with Crippen molar-refractivity contribution in [2.24, 2.45) is 0 Å². The van der Waals surface area contributed by atoms with Crippen molar-refractivity contribution in [1.82, 2.24) is 14.5 Å². The summed E-state index contributed by atoms with van der Waals surface area (Å²) in [5.41, 5.74) is 4.21. The first kappa shape index (κ1) is 13.5. The van der Waals surface area contributed by atoms with E-state index in [2.05, 4.69) is 55.6 Å². The van der Waals surface area contributed by atoms with Gasteiger partial charge in [-0.15, -0.1) is 0 Å². The number of hydrogen-bond donors (Lipinski definition) is 1. The highest BCUT2D eigenvalue weighted by atomic mass is 79.9. The standard InChI is InChI=1S/C15H14BrN3S/c1-9-7-13-14(17-8-9)19(15(20)18-13)10(2)11-3-5-12(16)6-4-11/h3-8,10H,1-2H3,(H,18,20). The summed E-state index contributed by atoms with van der Waals surface area (Å²) in [5.74, 6) is 0. The first-order chi connectivity index (χ1) is 9.56. The summed E-state index contributed by atoms with van der Waals surface area (Å²) in [4.78, 5) is 7.76. The van der Waals surface area contributed by atoms with Crippen LogP contribution in [0.2, 0.25) is 0 Å². The Balaban J connectivity index is 2.16. The van der Waals surface area contributed by atoms with Crippen molar-refractivity contribution >= 4 is 39.3 Å². The number of halogens is 1. The number of H-pyrrole nitrogens is 1. The Morgan fingerprint density at radius 1 is 1.30 bits per heavy atom. The van der Waals surface area contributed by atoms with Crippen LogP contribution in [0.5, 0.6) is 0 Å². The fourth-order valence-corrected chi connectivity index (χ4v) is 2.99. The maximum absolute atomic E-state index is 5.46. The Kier molecular flexibility index (Phi) is 3.48. The van der Waals surface area contributed by atoms with Crippen LogP contribution in [0.3, 0.4) is 0 Å². The van der Waals surface area contributed by atoms with Crippen LogP contribution >= 0.6 is 28.1 Å². The maximum Gasteiger partial charge on any atom is 0.179 e. The number of rotatable bonds is 2. The molecule has 3 nitrogen and oxygen atoms in total. The molecule has 5 heteroatoms. The molecule has 1 N–H and O–H groups in total. The van der Waals surface area contributed by atoms with Crippen molar-refractivity contribution in [2.45, 2.75) is 19.9 Å². The zero-order valence-electron chi connectivity index (χ0n) is 11.2. The van der Waals surface area contributed by atoms with Gasteiger partial charge in [-0.2, -0.15) is 0 Å². The molecular formula is C15H14BrN3S. The molecule has 102 valence electrons. The van der Waals surface area contributed by atoms with Crippen molar-refractivity contribution in [3.8, 4) is 0 Å². The highest BCUT2D eigenvalue weighted by Crippen LogP contribution is 2.24. The summed E-state index contributed by atoms with van der Waals surface area (Å²) < 4.78 is 3.84. The number of pyridine rings is 1. The van der Waals surface area contributed by atoms with Crippen LogP contribution < -0.4 is 0 Å². The van der Waals surface area contributed by atoms with Gasteiger partial charge in [-0.05, 0) is 55.4 Å². The topological polar surface area (TPSA) is 33.6 Å². The van der Waals surface area contributed by atoms with Crippen molar-refractivity contribution in [1.29, 1.82) is 0 Å². The lowest BCUT2D eigenvalue weighted by Crippen LogP contribution is -2.07. The second kappa shape index (κ2) is 5.14. The van der Waals surface area contributed by atoms with Gasteiger partial charge >= 0.3 is 0 Å². The number of hydrogen-bond acceptors (Lipinski definition) is 2. The Morgan fingerprint density at radius 2 is 2.00 bits per heavy atom. The van der Waals surface area contributed by atoms with Gasteiger partial charge in [0.05, 0.1) is 11.6 Å². The van der Waals surface area contributed by atoms with Crippen LogP contribution in [0, 0.1) is 11.7 Å². The summed E-state index contributed by atoms with van der Waals surface area (Å²) in [6, 6.07) is 10.5. The molecule has 0 saturated carbocycles. The van der Waals surface area contributed by atoms with E-state index in [1.807, 2.05) is 25.3 Å². The van der Waals surface area contributed by atoms with E-state index in [4.69, 9.17) is 12.2 Å². The third-order valence-electron chi connectivity index (χ3n) is 3.43. The summed E-state index contributed by atoms with van der Waals surface area (Å²) in [7, 11) is 0. The second-order valence-corrected chi connectivity index (χ2v) is 6.21. The Morgan fingerprint density at radius 3 is 2.70 bits per heavy atom. The Labute approximate surface area is 130 Å². The van der Waals surface area contributed by atoms with E-state index in [0.29, 0.717) is 4.77 Å². The average molecular weight is 348 g/mol. The van der Waals surface area contributed by atoms with Gasteiger partial charge in [0, 0.05) is 10.7 Å². The summed E-state index contributed by atoms with van der Waals surface area (Å²) >= 11 is 8.92. The number of nitrogens with one attached hydrogen (secondary N) is 1. The highest BCUT2D eigenvalue weighted by molar-refractivity contribution is 9.10. The minimum atomic E-state index is 0.138. The maximum atomic E-state index is 5.46. The number of aromatic amines is 1. The number of nitrogens with zero attached hydrogens (tertiary/aromatic N) is 2. The predicted molar refractivity (Wildman–Crippen MR) is 87.6 cm³/mol. The molecule has 2 heterocycles. The normalized spacial score (nSPS) is 12.8. The number of imidazole rings is 1. The number of fused-ring (bicyclic) bond motifs is 1. The first-order valence-corrected chi connectivity index (χ1v) is 7.58. The summed E-state index contributed by atoms with van der Waals surface area (Å²) in [6.45, 7) is 4.16. The van der Waals surface area contributed by atoms with E-state index in [1.165, 1.54) is 5.56 Å². The lowest BCUT2D eigenvalue weighted by atomic mass is 10.1. The van der Waals surface area contributed by atoms with E-state index in [1.54, 1.807) is 0 Å². The number of benzene rings is 1. The largest absolute Gasteiger partial charge is 0.329 e. The van der Waals surface area contributed by atoms with Gasteiger partial charge < -0.3 is 4.98 Å². The molecule has 0 saturated heterocycles. The molecule has 20 heavy (non-hydrogen) atoms. The van der Waals surface area contributed by atoms with Gasteiger partial charge in [-0.25, -0.2) is 4.98 Å².